The molecular formula is C14H21BrO2. The number of hydrogen-bond acceptors (Lipinski definition) is 2. The average molecular weight is 301 g/mol. The van der Waals surface area contributed by atoms with Crippen LogP contribution in [0.25, 0.3) is 0 Å². The van der Waals surface area contributed by atoms with Crippen molar-refractivity contribution in [3.8, 4) is 0 Å². The number of halogens is 1. The fourth-order valence-corrected chi connectivity index (χ4v) is 1.88. The largest absolute Gasteiger partial charge is 0.353 e. The molecule has 1 fully saturated rings. The van der Waals surface area contributed by atoms with E-state index in [1.807, 2.05) is 26.0 Å². The van der Waals surface area contributed by atoms with Crippen molar-refractivity contribution < 1.29 is 9.47 Å². The van der Waals surface area contributed by atoms with Crippen LogP contribution in [0, 0.1) is 0 Å². The van der Waals surface area contributed by atoms with Crippen LogP contribution in [0.2, 0.25) is 0 Å². The van der Waals surface area contributed by atoms with E-state index in [4.69, 9.17) is 9.47 Å². The van der Waals surface area contributed by atoms with Gasteiger partial charge in [0.2, 0.25) is 0 Å². The molecule has 2 nitrogen and oxygen atoms in total. The molecule has 3 heteroatoms. The minimum atomic E-state index is 0.00222. The van der Waals surface area contributed by atoms with Crippen LogP contribution in [0.4, 0.5) is 0 Å². The summed E-state index contributed by atoms with van der Waals surface area (Å²) in [5.74, 6) is 0. The summed E-state index contributed by atoms with van der Waals surface area (Å²) in [6, 6.07) is 8.18. The monoisotopic (exact) mass is 300 g/mol. The topological polar surface area (TPSA) is 18.5 Å². The van der Waals surface area contributed by atoms with E-state index >= 15 is 0 Å². The molecule has 0 bridgehead atoms. The van der Waals surface area contributed by atoms with Crippen molar-refractivity contribution in [2.45, 2.75) is 46.0 Å². The molecular weight excluding hydrogens is 280 g/mol. The van der Waals surface area contributed by atoms with E-state index in [1.54, 1.807) is 0 Å². The lowest BCUT2D eigenvalue weighted by atomic mass is 10.2. The molecule has 0 radical (unpaired) electrons. The van der Waals surface area contributed by atoms with Crippen molar-refractivity contribution in [2.24, 2.45) is 0 Å². The van der Waals surface area contributed by atoms with Crippen molar-refractivity contribution >= 4 is 15.9 Å². The second kappa shape index (κ2) is 8.67. The minimum Gasteiger partial charge on any atom is -0.353 e. The van der Waals surface area contributed by atoms with Gasteiger partial charge in [0.05, 0.1) is 6.61 Å². The minimum absolute atomic E-state index is 0.00222. The fourth-order valence-electron chi connectivity index (χ4n) is 1.61. The SMILES string of the molecule is Brc1ccc(COC2CCCCO2)cc1.CC. The number of benzene rings is 1. The zero-order valence-corrected chi connectivity index (χ0v) is 12.2. The highest BCUT2D eigenvalue weighted by atomic mass is 79.9. The third-order valence-electron chi connectivity index (χ3n) is 2.49. The Morgan fingerprint density at radius 3 is 2.53 bits per heavy atom. The molecule has 1 heterocycles. The molecule has 1 saturated heterocycles. The second-order valence-corrected chi connectivity index (χ2v) is 4.65. The number of hydrogen-bond donors (Lipinski definition) is 0. The maximum Gasteiger partial charge on any atom is 0.158 e. The van der Waals surface area contributed by atoms with Crippen LogP contribution in [0.15, 0.2) is 28.7 Å². The first kappa shape index (κ1) is 14.7. The van der Waals surface area contributed by atoms with Crippen molar-refractivity contribution in [1.29, 1.82) is 0 Å². The van der Waals surface area contributed by atoms with Gasteiger partial charge < -0.3 is 9.47 Å². The van der Waals surface area contributed by atoms with E-state index in [0.717, 1.165) is 23.9 Å². The van der Waals surface area contributed by atoms with Crippen LogP contribution in [-0.4, -0.2) is 12.9 Å². The van der Waals surface area contributed by atoms with Gasteiger partial charge in [-0.15, -0.1) is 0 Å². The van der Waals surface area contributed by atoms with Gasteiger partial charge in [0.15, 0.2) is 6.29 Å². The van der Waals surface area contributed by atoms with E-state index in [-0.39, 0.29) is 6.29 Å². The van der Waals surface area contributed by atoms with E-state index in [0.29, 0.717) is 6.61 Å². The highest BCUT2D eigenvalue weighted by Gasteiger charge is 2.13. The van der Waals surface area contributed by atoms with E-state index in [2.05, 4.69) is 28.1 Å². The lowest BCUT2D eigenvalue weighted by Crippen LogP contribution is -2.21. The third kappa shape index (κ3) is 5.66. The number of ether oxygens (including phenoxy) is 2. The Hall–Kier alpha value is -0.380. The Bertz CT molecular complexity index is 292. The van der Waals surface area contributed by atoms with Crippen LogP contribution in [0.5, 0.6) is 0 Å². The van der Waals surface area contributed by atoms with Gasteiger partial charge in [0.1, 0.15) is 0 Å². The molecule has 0 saturated carbocycles. The van der Waals surface area contributed by atoms with Gasteiger partial charge in [-0.05, 0) is 37.0 Å². The maximum atomic E-state index is 5.67. The van der Waals surface area contributed by atoms with Gasteiger partial charge >= 0.3 is 0 Å². The quantitative estimate of drug-likeness (QED) is 0.817. The summed E-state index contributed by atoms with van der Waals surface area (Å²) >= 11 is 3.41. The standard InChI is InChI=1S/C12H15BrO2.C2H6/c13-11-6-4-10(5-7-11)9-15-12-3-1-2-8-14-12;1-2/h4-7,12H,1-3,8-9H2;1-2H3. The molecule has 1 aliphatic rings. The molecule has 2 rings (SSSR count). The van der Waals surface area contributed by atoms with Gasteiger partial charge in [0.25, 0.3) is 0 Å². The summed E-state index contributed by atoms with van der Waals surface area (Å²) in [4.78, 5) is 0. The van der Waals surface area contributed by atoms with Gasteiger partial charge in [-0.25, -0.2) is 0 Å². The molecule has 0 aromatic heterocycles. The molecule has 1 aromatic rings. The van der Waals surface area contributed by atoms with E-state index in [1.165, 1.54) is 12.0 Å². The Morgan fingerprint density at radius 1 is 1.24 bits per heavy atom. The second-order valence-electron chi connectivity index (χ2n) is 3.73. The Kier molecular flexibility index (Phi) is 7.49. The fraction of sp³-hybridized carbons (Fsp3) is 0.571. The van der Waals surface area contributed by atoms with Gasteiger partial charge in [0, 0.05) is 11.1 Å². The summed E-state index contributed by atoms with van der Waals surface area (Å²) in [5, 5.41) is 0. The number of rotatable bonds is 3. The van der Waals surface area contributed by atoms with Crippen LogP contribution >= 0.6 is 15.9 Å². The highest BCUT2D eigenvalue weighted by Crippen LogP contribution is 2.16. The van der Waals surface area contributed by atoms with Gasteiger partial charge in [-0.2, -0.15) is 0 Å². The normalized spacial score (nSPS) is 19.4. The predicted molar refractivity (Wildman–Crippen MR) is 73.9 cm³/mol. The molecule has 0 amide bonds. The van der Waals surface area contributed by atoms with Crippen molar-refractivity contribution in [3.05, 3.63) is 34.3 Å². The molecule has 0 spiro atoms. The Morgan fingerprint density at radius 2 is 1.94 bits per heavy atom. The molecule has 96 valence electrons. The lowest BCUT2D eigenvalue weighted by molar-refractivity contribution is -0.168. The van der Waals surface area contributed by atoms with Crippen LogP contribution in [0.1, 0.15) is 38.7 Å². The van der Waals surface area contributed by atoms with E-state index < -0.39 is 0 Å². The lowest BCUT2D eigenvalue weighted by Gasteiger charge is -2.22. The van der Waals surface area contributed by atoms with Crippen LogP contribution in [0.3, 0.4) is 0 Å². The van der Waals surface area contributed by atoms with Crippen LogP contribution in [-0.2, 0) is 16.1 Å². The zero-order valence-electron chi connectivity index (χ0n) is 10.6. The molecule has 0 aliphatic carbocycles. The summed E-state index contributed by atoms with van der Waals surface area (Å²) in [7, 11) is 0. The average Bonchev–Trinajstić information content (AvgIpc) is 2.42. The summed E-state index contributed by atoms with van der Waals surface area (Å²) in [6.45, 7) is 5.48. The van der Waals surface area contributed by atoms with Crippen LogP contribution < -0.4 is 0 Å². The van der Waals surface area contributed by atoms with Crippen molar-refractivity contribution in [3.63, 3.8) is 0 Å². The molecule has 17 heavy (non-hydrogen) atoms. The molecule has 1 unspecified atom stereocenters. The first-order chi connectivity index (χ1) is 8.34. The molecule has 1 atom stereocenters. The first-order valence-corrected chi connectivity index (χ1v) is 7.11. The predicted octanol–water partition coefficient (Wildman–Crippen LogP) is 4.52. The van der Waals surface area contributed by atoms with Crippen molar-refractivity contribution in [1.82, 2.24) is 0 Å². The first-order valence-electron chi connectivity index (χ1n) is 6.32. The highest BCUT2D eigenvalue weighted by molar-refractivity contribution is 9.10. The smallest absolute Gasteiger partial charge is 0.158 e. The van der Waals surface area contributed by atoms with E-state index in [9.17, 15) is 0 Å². The molecule has 1 aromatic carbocycles. The van der Waals surface area contributed by atoms with Gasteiger partial charge in [-0.3, -0.25) is 0 Å². The summed E-state index contributed by atoms with van der Waals surface area (Å²) in [5.41, 5.74) is 1.19. The third-order valence-corrected chi connectivity index (χ3v) is 3.02. The Balaban J connectivity index is 0.000000686. The summed E-state index contributed by atoms with van der Waals surface area (Å²) < 4.78 is 12.3. The molecule has 0 N–H and O–H groups in total. The summed E-state index contributed by atoms with van der Waals surface area (Å²) in [6.07, 6.45) is 3.40. The zero-order chi connectivity index (χ0) is 12.5. The van der Waals surface area contributed by atoms with Gasteiger partial charge in [-0.1, -0.05) is 41.9 Å². The Labute approximate surface area is 112 Å². The van der Waals surface area contributed by atoms with Crippen molar-refractivity contribution in [2.75, 3.05) is 6.61 Å². The molecule has 1 aliphatic heterocycles. The maximum absolute atomic E-state index is 5.67.